The fraction of sp³-hybridized carbons (Fsp3) is 0. The molecule has 9 aromatic rings. The van der Waals surface area contributed by atoms with Gasteiger partial charge in [-0.3, -0.25) is 0 Å². The van der Waals surface area contributed by atoms with Crippen molar-refractivity contribution in [2.45, 2.75) is 0 Å². The summed E-state index contributed by atoms with van der Waals surface area (Å²) in [4.78, 5) is 14.8. The van der Waals surface area contributed by atoms with E-state index >= 15 is 0 Å². The van der Waals surface area contributed by atoms with Crippen LogP contribution in [0.15, 0.2) is 156 Å². The second-order valence-corrected chi connectivity index (χ2v) is 11.3. The van der Waals surface area contributed by atoms with E-state index in [9.17, 15) is 0 Å². The standard InChI is InChI=1S/C41H25N3O/c1-2-10-28(11-3-1)39-42-40(33-17-15-27-9-5-7-13-30(27)23-33)44-41(43-39)34-18-20-35-36-24-32(19-21-37(36)45-38(35)25-34)31-16-14-26-8-4-6-12-29(26)22-31/h1-25H. The van der Waals surface area contributed by atoms with E-state index in [1.807, 2.05) is 42.5 Å². The van der Waals surface area contributed by atoms with Crippen molar-refractivity contribution in [3.8, 4) is 45.3 Å². The monoisotopic (exact) mass is 575 g/mol. The van der Waals surface area contributed by atoms with Gasteiger partial charge in [0.1, 0.15) is 11.2 Å². The molecule has 0 aliphatic carbocycles. The van der Waals surface area contributed by atoms with E-state index in [4.69, 9.17) is 19.4 Å². The average Bonchev–Trinajstić information content (AvgIpc) is 3.48. The van der Waals surface area contributed by atoms with Gasteiger partial charge in [-0.15, -0.1) is 0 Å². The summed E-state index contributed by atoms with van der Waals surface area (Å²) >= 11 is 0. The molecule has 0 spiro atoms. The third-order valence-electron chi connectivity index (χ3n) is 8.49. The smallest absolute Gasteiger partial charge is 0.164 e. The average molecular weight is 576 g/mol. The van der Waals surface area contributed by atoms with Crippen LogP contribution < -0.4 is 0 Å². The van der Waals surface area contributed by atoms with Gasteiger partial charge in [0, 0.05) is 27.5 Å². The van der Waals surface area contributed by atoms with Crippen molar-refractivity contribution >= 4 is 43.5 Å². The first kappa shape index (κ1) is 25.4. The van der Waals surface area contributed by atoms with Crippen LogP contribution in [0.4, 0.5) is 0 Å². The molecule has 45 heavy (non-hydrogen) atoms. The third-order valence-corrected chi connectivity index (χ3v) is 8.49. The maximum absolute atomic E-state index is 6.38. The molecule has 210 valence electrons. The quantitative estimate of drug-likeness (QED) is 0.209. The maximum Gasteiger partial charge on any atom is 0.164 e. The van der Waals surface area contributed by atoms with Crippen molar-refractivity contribution in [1.82, 2.24) is 15.0 Å². The molecule has 2 aromatic heterocycles. The third kappa shape index (κ3) is 4.52. The molecule has 0 unspecified atom stereocenters. The number of benzene rings is 7. The molecule has 0 aliphatic rings. The number of fused-ring (bicyclic) bond motifs is 5. The summed E-state index contributed by atoms with van der Waals surface area (Å²) in [6.45, 7) is 0. The number of aromatic nitrogens is 3. The van der Waals surface area contributed by atoms with Crippen LogP contribution in [-0.2, 0) is 0 Å². The van der Waals surface area contributed by atoms with E-state index < -0.39 is 0 Å². The van der Waals surface area contributed by atoms with Gasteiger partial charge in [-0.2, -0.15) is 0 Å². The maximum atomic E-state index is 6.38. The van der Waals surface area contributed by atoms with Crippen molar-refractivity contribution in [3.05, 3.63) is 152 Å². The molecule has 4 nitrogen and oxygen atoms in total. The lowest BCUT2D eigenvalue weighted by Gasteiger charge is -2.09. The number of hydrogen-bond donors (Lipinski definition) is 0. The Labute approximate surface area is 259 Å². The molecule has 0 N–H and O–H groups in total. The highest BCUT2D eigenvalue weighted by Gasteiger charge is 2.15. The molecule has 2 heterocycles. The van der Waals surface area contributed by atoms with Crippen LogP contribution in [0.3, 0.4) is 0 Å². The Bertz CT molecular complexity index is 2550. The minimum atomic E-state index is 0.603. The minimum absolute atomic E-state index is 0.603. The van der Waals surface area contributed by atoms with Crippen molar-refractivity contribution in [1.29, 1.82) is 0 Å². The normalized spacial score (nSPS) is 11.6. The van der Waals surface area contributed by atoms with Gasteiger partial charge in [-0.25, -0.2) is 15.0 Å². The lowest BCUT2D eigenvalue weighted by Crippen LogP contribution is -2.00. The van der Waals surface area contributed by atoms with Crippen LogP contribution in [0.5, 0.6) is 0 Å². The van der Waals surface area contributed by atoms with Gasteiger partial charge in [0.05, 0.1) is 0 Å². The Morgan fingerprint density at radius 3 is 1.53 bits per heavy atom. The van der Waals surface area contributed by atoms with Crippen LogP contribution in [0.1, 0.15) is 0 Å². The predicted octanol–water partition coefficient (Wildman–Crippen LogP) is 10.7. The van der Waals surface area contributed by atoms with Crippen LogP contribution in [-0.4, -0.2) is 15.0 Å². The minimum Gasteiger partial charge on any atom is -0.456 e. The van der Waals surface area contributed by atoms with Gasteiger partial charge in [0.15, 0.2) is 17.5 Å². The Balaban J connectivity index is 1.16. The fourth-order valence-corrected chi connectivity index (χ4v) is 6.14. The van der Waals surface area contributed by atoms with Crippen molar-refractivity contribution in [2.75, 3.05) is 0 Å². The summed E-state index contributed by atoms with van der Waals surface area (Å²) in [5, 5.41) is 6.93. The van der Waals surface area contributed by atoms with E-state index in [2.05, 4.69) is 109 Å². The molecular weight excluding hydrogens is 550 g/mol. The summed E-state index contributed by atoms with van der Waals surface area (Å²) < 4.78 is 6.38. The molecule has 0 amide bonds. The Morgan fingerprint density at radius 1 is 0.311 bits per heavy atom. The molecule has 7 aromatic carbocycles. The van der Waals surface area contributed by atoms with Crippen LogP contribution >= 0.6 is 0 Å². The van der Waals surface area contributed by atoms with Gasteiger partial charge >= 0.3 is 0 Å². The number of furan rings is 1. The predicted molar refractivity (Wildman–Crippen MR) is 184 cm³/mol. The van der Waals surface area contributed by atoms with E-state index in [0.717, 1.165) is 49.6 Å². The molecule has 0 saturated carbocycles. The second-order valence-electron chi connectivity index (χ2n) is 11.3. The van der Waals surface area contributed by atoms with Crippen LogP contribution in [0.25, 0.3) is 88.8 Å². The molecule has 4 heteroatoms. The highest BCUT2D eigenvalue weighted by atomic mass is 16.3. The van der Waals surface area contributed by atoms with Gasteiger partial charge in [0.2, 0.25) is 0 Å². The fourth-order valence-electron chi connectivity index (χ4n) is 6.14. The zero-order valence-corrected chi connectivity index (χ0v) is 24.2. The summed E-state index contributed by atoms with van der Waals surface area (Å²) in [5.74, 6) is 1.87. The molecule has 0 bridgehead atoms. The van der Waals surface area contributed by atoms with E-state index in [0.29, 0.717) is 17.5 Å². The summed E-state index contributed by atoms with van der Waals surface area (Å²) in [5.41, 5.74) is 6.75. The number of hydrogen-bond acceptors (Lipinski definition) is 4. The second kappa shape index (κ2) is 10.2. The summed E-state index contributed by atoms with van der Waals surface area (Å²) in [6.07, 6.45) is 0. The van der Waals surface area contributed by atoms with Crippen molar-refractivity contribution in [2.24, 2.45) is 0 Å². The Morgan fingerprint density at radius 2 is 0.822 bits per heavy atom. The number of nitrogens with zero attached hydrogens (tertiary/aromatic N) is 3. The van der Waals surface area contributed by atoms with Gasteiger partial charge in [-0.05, 0) is 69.1 Å². The zero-order valence-electron chi connectivity index (χ0n) is 24.2. The van der Waals surface area contributed by atoms with Crippen molar-refractivity contribution < 1.29 is 4.42 Å². The molecule has 0 fully saturated rings. The molecular formula is C41H25N3O. The lowest BCUT2D eigenvalue weighted by molar-refractivity contribution is 0.669. The first-order valence-electron chi connectivity index (χ1n) is 15.0. The first-order valence-corrected chi connectivity index (χ1v) is 15.0. The molecule has 0 aliphatic heterocycles. The van der Waals surface area contributed by atoms with Crippen LogP contribution in [0, 0.1) is 0 Å². The van der Waals surface area contributed by atoms with E-state index in [1.165, 1.54) is 21.7 Å². The molecule has 0 radical (unpaired) electrons. The topological polar surface area (TPSA) is 51.8 Å². The van der Waals surface area contributed by atoms with Gasteiger partial charge in [-0.1, -0.05) is 115 Å². The molecule has 9 rings (SSSR count). The van der Waals surface area contributed by atoms with Crippen LogP contribution in [0.2, 0.25) is 0 Å². The highest BCUT2D eigenvalue weighted by Crippen LogP contribution is 2.36. The Kier molecular flexibility index (Phi) is 5.78. The van der Waals surface area contributed by atoms with Crippen molar-refractivity contribution in [3.63, 3.8) is 0 Å². The largest absolute Gasteiger partial charge is 0.456 e. The lowest BCUT2D eigenvalue weighted by atomic mass is 9.99. The first-order chi connectivity index (χ1) is 22.2. The van der Waals surface area contributed by atoms with Gasteiger partial charge in [0.25, 0.3) is 0 Å². The van der Waals surface area contributed by atoms with E-state index in [1.54, 1.807) is 0 Å². The SMILES string of the molecule is c1ccc(-c2nc(-c3ccc4ccccc4c3)nc(-c3ccc4c(c3)oc3ccc(-c5ccc6ccccc6c5)cc34)n2)cc1. The molecule has 0 saturated heterocycles. The summed E-state index contributed by atoms with van der Waals surface area (Å²) in [6, 6.07) is 52.4. The Hall–Kier alpha value is -6.13. The summed E-state index contributed by atoms with van der Waals surface area (Å²) in [7, 11) is 0. The number of rotatable bonds is 4. The zero-order chi connectivity index (χ0) is 29.7. The van der Waals surface area contributed by atoms with E-state index in [-0.39, 0.29) is 0 Å². The molecule has 0 atom stereocenters. The van der Waals surface area contributed by atoms with Gasteiger partial charge < -0.3 is 4.42 Å². The highest BCUT2D eigenvalue weighted by molar-refractivity contribution is 6.07.